The van der Waals surface area contributed by atoms with Crippen molar-refractivity contribution in [3.8, 4) is 11.5 Å². The first-order chi connectivity index (χ1) is 13.7. The van der Waals surface area contributed by atoms with Gasteiger partial charge < -0.3 is 10.1 Å². The number of hydrogen-bond donors (Lipinski definition) is 2. The van der Waals surface area contributed by atoms with Crippen LogP contribution in [0.3, 0.4) is 0 Å². The molecule has 2 N–H and O–H groups in total. The van der Waals surface area contributed by atoms with E-state index in [1.807, 2.05) is 12.1 Å². The van der Waals surface area contributed by atoms with Crippen LogP contribution in [0.1, 0.15) is 15.9 Å². The smallest absolute Gasteiger partial charge is 0.255 e. The van der Waals surface area contributed by atoms with Crippen LogP contribution < -0.4 is 14.8 Å². The molecule has 0 heterocycles. The number of halogens is 1. The van der Waals surface area contributed by atoms with E-state index < -0.39 is 10.0 Å². The van der Waals surface area contributed by atoms with Crippen LogP contribution in [0.15, 0.2) is 66.7 Å². The quantitative estimate of drug-likeness (QED) is 0.572. The number of carbonyl (C=O) groups is 1. The first-order valence-corrected chi connectivity index (χ1v) is 10.9. The monoisotopic (exact) mass is 430 g/mol. The van der Waals surface area contributed by atoms with Gasteiger partial charge in [-0.15, -0.1) is 0 Å². The van der Waals surface area contributed by atoms with Crippen LogP contribution in [-0.4, -0.2) is 20.6 Å². The van der Waals surface area contributed by atoms with Gasteiger partial charge in [0.2, 0.25) is 10.0 Å². The molecule has 8 heteroatoms. The Morgan fingerprint density at radius 2 is 1.69 bits per heavy atom. The number of sulfonamides is 1. The van der Waals surface area contributed by atoms with Crippen molar-refractivity contribution in [3.63, 3.8) is 0 Å². The molecular formula is C21H19ClN2O4S. The zero-order valence-electron chi connectivity index (χ0n) is 15.8. The predicted molar refractivity (Wildman–Crippen MR) is 116 cm³/mol. The highest BCUT2D eigenvalue weighted by atomic mass is 35.5. The Morgan fingerprint density at radius 1 is 1.00 bits per heavy atom. The van der Waals surface area contributed by atoms with Gasteiger partial charge in [-0.3, -0.25) is 9.52 Å². The van der Waals surface area contributed by atoms with E-state index in [1.54, 1.807) is 55.5 Å². The molecule has 0 aliphatic heterocycles. The van der Waals surface area contributed by atoms with E-state index in [-0.39, 0.29) is 5.91 Å². The van der Waals surface area contributed by atoms with Crippen molar-refractivity contribution in [2.75, 3.05) is 16.3 Å². The van der Waals surface area contributed by atoms with Crippen molar-refractivity contribution < 1.29 is 17.9 Å². The minimum atomic E-state index is -3.44. The molecule has 0 bridgehead atoms. The molecule has 3 aromatic rings. The summed E-state index contributed by atoms with van der Waals surface area (Å²) in [5.41, 5.74) is 1.98. The van der Waals surface area contributed by atoms with Gasteiger partial charge in [0.05, 0.1) is 17.0 Å². The van der Waals surface area contributed by atoms with E-state index in [1.165, 1.54) is 6.07 Å². The van der Waals surface area contributed by atoms with Crippen LogP contribution in [-0.2, 0) is 10.0 Å². The summed E-state index contributed by atoms with van der Waals surface area (Å²) in [6, 6.07) is 18.8. The summed E-state index contributed by atoms with van der Waals surface area (Å²) in [6.07, 6.45) is 1.06. The first-order valence-electron chi connectivity index (χ1n) is 8.63. The molecule has 0 aliphatic rings. The number of nitrogens with one attached hydrogen (secondary N) is 2. The lowest BCUT2D eigenvalue weighted by Gasteiger charge is -2.11. The number of aryl methyl sites for hydroxylation is 1. The van der Waals surface area contributed by atoms with Gasteiger partial charge in [0, 0.05) is 11.3 Å². The van der Waals surface area contributed by atoms with Crippen LogP contribution in [0.4, 0.5) is 11.4 Å². The minimum Gasteiger partial charge on any atom is -0.456 e. The number of anilines is 2. The summed E-state index contributed by atoms with van der Waals surface area (Å²) in [5, 5.41) is 3.27. The Hall–Kier alpha value is -3.03. The van der Waals surface area contributed by atoms with Gasteiger partial charge in [0.1, 0.15) is 11.5 Å². The number of rotatable bonds is 6. The molecule has 150 valence electrons. The molecule has 0 saturated heterocycles. The van der Waals surface area contributed by atoms with E-state index in [9.17, 15) is 13.2 Å². The predicted octanol–water partition coefficient (Wildman–Crippen LogP) is 5.06. The second kappa shape index (κ2) is 8.55. The van der Waals surface area contributed by atoms with E-state index in [0.29, 0.717) is 39.0 Å². The van der Waals surface area contributed by atoms with E-state index in [2.05, 4.69) is 10.0 Å². The fourth-order valence-corrected chi connectivity index (χ4v) is 3.33. The van der Waals surface area contributed by atoms with E-state index in [4.69, 9.17) is 16.3 Å². The van der Waals surface area contributed by atoms with Crippen molar-refractivity contribution in [1.82, 2.24) is 0 Å². The van der Waals surface area contributed by atoms with Gasteiger partial charge in [-0.25, -0.2) is 8.42 Å². The summed E-state index contributed by atoms with van der Waals surface area (Å²) >= 11 is 6.08. The Bertz CT molecular complexity index is 1150. The van der Waals surface area contributed by atoms with Crippen LogP contribution in [0.25, 0.3) is 0 Å². The third kappa shape index (κ3) is 5.73. The van der Waals surface area contributed by atoms with Crippen molar-refractivity contribution in [1.29, 1.82) is 0 Å². The summed E-state index contributed by atoms with van der Waals surface area (Å²) in [7, 11) is -3.44. The first kappa shape index (κ1) is 20.7. The maximum Gasteiger partial charge on any atom is 0.255 e. The summed E-state index contributed by atoms with van der Waals surface area (Å²) < 4.78 is 31.1. The lowest BCUT2D eigenvalue weighted by Crippen LogP contribution is -2.14. The van der Waals surface area contributed by atoms with Crippen molar-refractivity contribution >= 4 is 38.9 Å². The summed E-state index contributed by atoms with van der Waals surface area (Å²) in [6.45, 7) is 1.76. The topological polar surface area (TPSA) is 84.5 Å². The summed E-state index contributed by atoms with van der Waals surface area (Å²) in [5.74, 6) is 0.754. The summed E-state index contributed by atoms with van der Waals surface area (Å²) in [4.78, 5) is 12.5. The lowest BCUT2D eigenvalue weighted by atomic mass is 10.1. The second-order valence-corrected chi connectivity index (χ2v) is 8.57. The van der Waals surface area contributed by atoms with Gasteiger partial charge in [-0.2, -0.15) is 0 Å². The number of hydrogen-bond acceptors (Lipinski definition) is 4. The Labute approximate surface area is 174 Å². The molecule has 29 heavy (non-hydrogen) atoms. The third-order valence-corrected chi connectivity index (χ3v) is 4.87. The van der Waals surface area contributed by atoms with Gasteiger partial charge in [0.15, 0.2) is 0 Å². The highest BCUT2D eigenvalue weighted by Crippen LogP contribution is 2.29. The molecule has 1 amide bonds. The fraction of sp³-hybridized carbons (Fsp3) is 0.0952. The maximum absolute atomic E-state index is 12.5. The Morgan fingerprint density at radius 3 is 2.34 bits per heavy atom. The number of para-hydroxylation sites is 1. The van der Waals surface area contributed by atoms with Crippen LogP contribution >= 0.6 is 11.6 Å². The molecule has 0 aromatic heterocycles. The van der Waals surface area contributed by atoms with E-state index in [0.717, 1.165) is 6.26 Å². The number of carbonyl (C=O) groups excluding carboxylic acids is 1. The molecule has 0 radical (unpaired) electrons. The van der Waals surface area contributed by atoms with Crippen LogP contribution in [0.2, 0.25) is 5.02 Å². The van der Waals surface area contributed by atoms with Crippen molar-refractivity contribution in [2.24, 2.45) is 0 Å². The Kier molecular flexibility index (Phi) is 6.10. The number of ether oxygens (including phenoxy) is 1. The fourth-order valence-electron chi connectivity index (χ4n) is 2.54. The average molecular weight is 431 g/mol. The largest absolute Gasteiger partial charge is 0.456 e. The van der Waals surface area contributed by atoms with Crippen molar-refractivity contribution in [2.45, 2.75) is 6.92 Å². The molecular weight excluding hydrogens is 412 g/mol. The van der Waals surface area contributed by atoms with Gasteiger partial charge in [-0.1, -0.05) is 29.8 Å². The van der Waals surface area contributed by atoms with Crippen LogP contribution in [0.5, 0.6) is 11.5 Å². The zero-order valence-corrected chi connectivity index (χ0v) is 17.3. The third-order valence-electron chi connectivity index (χ3n) is 3.97. The molecule has 0 aliphatic carbocycles. The molecule has 3 rings (SSSR count). The average Bonchev–Trinajstić information content (AvgIpc) is 2.66. The lowest BCUT2D eigenvalue weighted by molar-refractivity contribution is 0.102. The van der Waals surface area contributed by atoms with Gasteiger partial charge in [0.25, 0.3) is 5.91 Å². The van der Waals surface area contributed by atoms with Gasteiger partial charge >= 0.3 is 0 Å². The van der Waals surface area contributed by atoms with Crippen LogP contribution in [0, 0.1) is 6.92 Å². The number of amides is 1. The highest BCUT2D eigenvalue weighted by Gasteiger charge is 2.11. The van der Waals surface area contributed by atoms with Gasteiger partial charge in [-0.05, 0) is 61.0 Å². The molecule has 0 atom stereocenters. The molecule has 3 aromatic carbocycles. The van der Waals surface area contributed by atoms with Crippen molar-refractivity contribution in [3.05, 3.63) is 82.9 Å². The maximum atomic E-state index is 12.5. The molecule has 0 spiro atoms. The van der Waals surface area contributed by atoms with E-state index >= 15 is 0 Å². The highest BCUT2D eigenvalue weighted by molar-refractivity contribution is 7.92. The SMILES string of the molecule is Cc1ccc(C(=O)Nc2ccc(Oc3ccccc3Cl)cc2)cc1NS(C)(=O)=O. The molecule has 0 unspecified atom stereocenters. The number of benzene rings is 3. The normalized spacial score (nSPS) is 11.0. The molecule has 0 fully saturated rings. The Balaban J connectivity index is 1.71. The second-order valence-electron chi connectivity index (χ2n) is 6.41. The standard InChI is InChI=1S/C21H19ClN2O4S/c1-14-7-8-15(13-19(14)24-29(2,26)27)21(25)23-16-9-11-17(12-10-16)28-20-6-4-3-5-18(20)22/h3-13,24H,1-2H3,(H,23,25). The molecule has 0 saturated carbocycles. The minimum absolute atomic E-state index is 0.332. The molecule has 6 nitrogen and oxygen atoms in total. The zero-order chi connectivity index (χ0) is 21.0.